The lowest BCUT2D eigenvalue weighted by Crippen LogP contribution is -2.62. The molecular weight excluding hydrogens is 404 g/mol. The molecular formula is C26H38N2O4. The third-order valence-electron chi connectivity index (χ3n) is 10.1. The summed E-state index contributed by atoms with van der Waals surface area (Å²) in [4.78, 5) is 29.9. The van der Waals surface area contributed by atoms with E-state index in [2.05, 4.69) is 30.7 Å². The van der Waals surface area contributed by atoms with Crippen molar-refractivity contribution < 1.29 is 19.8 Å². The SMILES string of the molecule is CN1CCN(CC(=O)[C@@]2(O)CC[C@H]3[C@@H]4CCC5=CC(=O)C=C[C@]5(C)[C@H]4C(O)C[C@@]32C)CC1. The van der Waals surface area contributed by atoms with Gasteiger partial charge in [0.15, 0.2) is 11.6 Å². The Kier molecular flexibility index (Phi) is 5.32. The van der Waals surface area contributed by atoms with Crippen molar-refractivity contribution in [1.29, 1.82) is 0 Å². The number of carbonyl (C=O) groups is 2. The van der Waals surface area contributed by atoms with Crippen LogP contribution in [0.15, 0.2) is 23.8 Å². The minimum Gasteiger partial charge on any atom is -0.393 e. The summed E-state index contributed by atoms with van der Waals surface area (Å²) >= 11 is 0. The molecule has 7 atom stereocenters. The van der Waals surface area contributed by atoms with E-state index < -0.39 is 17.1 Å². The summed E-state index contributed by atoms with van der Waals surface area (Å²) in [6.07, 6.45) is 8.33. The van der Waals surface area contributed by atoms with E-state index in [-0.39, 0.29) is 34.7 Å². The highest BCUT2D eigenvalue weighted by Crippen LogP contribution is 2.67. The minimum atomic E-state index is -1.37. The molecule has 0 aromatic heterocycles. The first-order valence-electron chi connectivity index (χ1n) is 12.4. The van der Waals surface area contributed by atoms with E-state index in [0.29, 0.717) is 19.4 Å². The van der Waals surface area contributed by atoms with Crippen LogP contribution in [0.5, 0.6) is 0 Å². The van der Waals surface area contributed by atoms with Crippen molar-refractivity contribution in [3.8, 4) is 0 Å². The summed E-state index contributed by atoms with van der Waals surface area (Å²) in [6, 6.07) is 0. The second kappa shape index (κ2) is 7.59. The Morgan fingerprint density at radius 3 is 2.62 bits per heavy atom. The van der Waals surface area contributed by atoms with Gasteiger partial charge in [-0.3, -0.25) is 14.5 Å². The molecule has 4 fully saturated rings. The van der Waals surface area contributed by atoms with E-state index in [1.54, 1.807) is 12.2 Å². The number of hydrogen-bond acceptors (Lipinski definition) is 6. The molecule has 176 valence electrons. The smallest absolute Gasteiger partial charge is 0.178 e. The quantitative estimate of drug-likeness (QED) is 0.694. The van der Waals surface area contributed by atoms with Gasteiger partial charge in [0, 0.05) is 42.9 Å². The van der Waals surface area contributed by atoms with Crippen LogP contribution in [-0.4, -0.2) is 83.1 Å². The number of hydrogen-bond donors (Lipinski definition) is 2. The summed E-state index contributed by atoms with van der Waals surface area (Å²) < 4.78 is 0. The number of carbonyl (C=O) groups excluding carboxylic acids is 2. The molecule has 1 saturated heterocycles. The van der Waals surface area contributed by atoms with Gasteiger partial charge in [0.05, 0.1) is 12.6 Å². The first-order chi connectivity index (χ1) is 15.1. The highest BCUT2D eigenvalue weighted by Gasteiger charge is 2.68. The van der Waals surface area contributed by atoms with Crippen LogP contribution in [-0.2, 0) is 9.59 Å². The molecule has 6 heteroatoms. The average molecular weight is 443 g/mol. The fourth-order valence-electron chi connectivity index (χ4n) is 8.13. The van der Waals surface area contributed by atoms with Crippen LogP contribution < -0.4 is 0 Å². The predicted molar refractivity (Wildman–Crippen MR) is 122 cm³/mol. The number of nitrogens with zero attached hydrogens (tertiary/aromatic N) is 2. The Morgan fingerprint density at radius 1 is 1.19 bits per heavy atom. The molecule has 4 aliphatic carbocycles. The third-order valence-corrected chi connectivity index (χ3v) is 10.1. The van der Waals surface area contributed by atoms with Gasteiger partial charge >= 0.3 is 0 Å². The van der Waals surface area contributed by atoms with Crippen molar-refractivity contribution in [2.75, 3.05) is 39.8 Å². The van der Waals surface area contributed by atoms with E-state index in [1.165, 1.54) is 0 Å². The van der Waals surface area contributed by atoms with Crippen molar-refractivity contribution in [1.82, 2.24) is 9.80 Å². The van der Waals surface area contributed by atoms with E-state index in [4.69, 9.17) is 0 Å². The lowest BCUT2D eigenvalue weighted by atomic mass is 9.46. The van der Waals surface area contributed by atoms with Gasteiger partial charge in [0.25, 0.3) is 0 Å². The molecule has 5 aliphatic rings. The van der Waals surface area contributed by atoms with E-state index in [9.17, 15) is 19.8 Å². The maximum absolute atomic E-state index is 13.5. The summed E-state index contributed by atoms with van der Waals surface area (Å²) in [5, 5.41) is 23.3. The highest BCUT2D eigenvalue weighted by molar-refractivity contribution is 6.01. The molecule has 2 N–H and O–H groups in total. The van der Waals surface area contributed by atoms with Crippen molar-refractivity contribution in [2.24, 2.45) is 28.6 Å². The predicted octanol–water partition coefficient (Wildman–Crippen LogP) is 1.81. The number of ketones is 2. The monoisotopic (exact) mass is 442 g/mol. The second-order valence-electron chi connectivity index (χ2n) is 11.6. The molecule has 5 rings (SSSR count). The van der Waals surface area contributed by atoms with Gasteiger partial charge in [0.2, 0.25) is 0 Å². The molecule has 1 aliphatic heterocycles. The van der Waals surface area contributed by atoms with Crippen molar-refractivity contribution in [3.63, 3.8) is 0 Å². The number of aliphatic hydroxyl groups is 2. The van der Waals surface area contributed by atoms with Crippen LogP contribution in [0.1, 0.15) is 46.0 Å². The maximum atomic E-state index is 13.5. The third kappa shape index (κ3) is 3.13. The van der Waals surface area contributed by atoms with Crippen LogP contribution in [0.4, 0.5) is 0 Å². The number of rotatable bonds is 3. The van der Waals surface area contributed by atoms with Gasteiger partial charge in [-0.2, -0.15) is 0 Å². The Balaban J connectivity index is 1.40. The van der Waals surface area contributed by atoms with Crippen molar-refractivity contribution in [3.05, 3.63) is 23.8 Å². The molecule has 0 spiro atoms. The zero-order valence-corrected chi connectivity index (χ0v) is 19.7. The number of allylic oxidation sites excluding steroid dienone is 4. The first-order valence-corrected chi connectivity index (χ1v) is 12.4. The van der Waals surface area contributed by atoms with Crippen LogP contribution in [0.2, 0.25) is 0 Å². The van der Waals surface area contributed by atoms with Crippen LogP contribution in [0.3, 0.4) is 0 Å². The van der Waals surface area contributed by atoms with E-state index in [0.717, 1.165) is 51.0 Å². The molecule has 3 saturated carbocycles. The summed E-state index contributed by atoms with van der Waals surface area (Å²) in [7, 11) is 2.10. The van der Waals surface area contributed by atoms with Gasteiger partial charge in [0.1, 0.15) is 5.60 Å². The van der Waals surface area contributed by atoms with Crippen LogP contribution in [0, 0.1) is 28.6 Å². The first kappa shape index (κ1) is 22.5. The van der Waals surface area contributed by atoms with Gasteiger partial charge in [-0.25, -0.2) is 0 Å². The highest BCUT2D eigenvalue weighted by atomic mass is 16.3. The molecule has 32 heavy (non-hydrogen) atoms. The standard InChI is InChI=1S/C26H38N2O4/c1-24-8-6-18(29)14-17(24)4-5-19-20-7-9-26(32,25(20,2)15-21(30)23(19)24)22(31)16-28-12-10-27(3)11-13-28/h6,8,14,19-21,23,30,32H,4-5,7,9-13,15-16H2,1-3H3/t19-,20-,21?,23+,24-,25-,26-/m0/s1. The van der Waals surface area contributed by atoms with Crippen molar-refractivity contribution >= 4 is 11.6 Å². The lowest BCUT2D eigenvalue weighted by Gasteiger charge is -2.59. The fraction of sp³-hybridized carbons (Fsp3) is 0.769. The molecule has 1 heterocycles. The van der Waals surface area contributed by atoms with Crippen LogP contribution in [0.25, 0.3) is 0 Å². The minimum absolute atomic E-state index is 0.0278. The molecule has 1 unspecified atom stereocenters. The summed E-state index contributed by atoms with van der Waals surface area (Å²) in [6.45, 7) is 8.10. The summed E-state index contributed by atoms with van der Waals surface area (Å²) in [5.41, 5.74) is -1.17. The second-order valence-corrected chi connectivity index (χ2v) is 11.6. The Hall–Kier alpha value is -1.34. The Labute approximate surface area is 191 Å². The molecule has 0 aromatic carbocycles. The number of aliphatic hydroxyl groups excluding tert-OH is 1. The largest absolute Gasteiger partial charge is 0.393 e. The molecule has 0 amide bonds. The van der Waals surface area contributed by atoms with Gasteiger partial charge in [-0.15, -0.1) is 0 Å². The zero-order valence-electron chi connectivity index (χ0n) is 19.7. The van der Waals surface area contributed by atoms with Gasteiger partial charge < -0.3 is 15.1 Å². The van der Waals surface area contributed by atoms with E-state index in [1.807, 2.05) is 6.08 Å². The Morgan fingerprint density at radius 2 is 1.91 bits per heavy atom. The van der Waals surface area contributed by atoms with Crippen LogP contribution >= 0.6 is 0 Å². The number of likely N-dealkylation sites (N-methyl/N-ethyl adjacent to an activating group) is 1. The fourth-order valence-corrected chi connectivity index (χ4v) is 8.13. The summed E-state index contributed by atoms with van der Waals surface area (Å²) in [5.74, 6) is 0.454. The topological polar surface area (TPSA) is 81.1 Å². The average Bonchev–Trinajstić information content (AvgIpc) is 3.01. The molecule has 6 nitrogen and oxygen atoms in total. The number of fused-ring (bicyclic) bond motifs is 5. The molecule has 0 bridgehead atoms. The zero-order chi connectivity index (χ0) is 22.9. The van der Waals surface area contributed by atoms with Gasteiger partial charge in [-0.05, 0) is 63.1 Å². The molecule has 0 radical (unpaired) electrons. The number of piperazine rings is 1. The lowest BCUT2D eigenvalue weighted by molar-refractivity contribution is -0.177. The molecule has 0 aromatic rings. The van der Waals surface area contributed by atoms with Crippen molar-refractivity contribution in [2.45, 2.75) is 57.7 Å². The van der Waals surface area contributed by atoms with E-state index >= 15 is 0 Å². The normalized spacial score (nSPS) is 46.9. The van der Waals surface area contributed by atoms with Gasteiger partial charge in [-0.1, -0.05) is 25.5 Å². The Bertz CT molecular complexity index is 875. The maximum Gasteiger partial charge on any atom is 0.178 e. The number of Topliss-reactive ketones (excluding diaryl/α,β-unsaturated/α-hetero) is 1.